The van der Waals surface area contributed by atoms with Crippen LogP contribution in [0, 0.1) is 0 Å². The number of thiazole rings is 1. The lowest BCUT2D eigenvalue weighted by Gasteiger charge is -2.24. The first-order valence-electron chi connectivity index (χ1n) is 13.5. The molecular weight excluding hydrogens is 582 g/mol. The predicted octanol–water partition coefficient (Wildman–Crippen LogP) is 3.68. The third-order valence-corrected chi connectivity index (χ3v) is 8.19. The Morgan fingerprint density at radius 1 is 1.02 bits per heavy atom. The van der Waals surface area contributed by atoms with Gasteiger partial charge in [0.15, 0.2) is 4.80 Å². The summed E-state index contributed by atoms with van der Waals surface area (Å²) in [4.78, 5) is 60.2. The highest BCUT2D eigenvalue weighted by Gasteiger charge is 2.37. The summed E-state index contributed by atoms with van der Waals surface area (Å²) in [6, 6.07) is 15.8. The van der Waals surface area contributed by atoms with E-state index in [1.165, 1.54) is 23.0 Å². The second-order valence-corrected chi connectivity index (χ2v) is 10.8. The molecule has 0 saturated heterocycles. The van der Waals surface area contributed by atoms with Crippen molar-refractivity contribution in [3.8, 4) is 5.75 Å². The highest BCUT2D eigenvalue weighted by atomic mass is 32.1. The Hall–Kier alpha value is -5.55. The molecule has 2 aliphatic rings. The van der Waals surface area contributed by atoms with E-state index in [4.69, 9.17) is 13.9 Å². The number of nitrogens with zero attached hydrogens (tertiary/aromatic N) is 3. The van der Waals surface area contributed by atoms with Crippen molar-refractivity contribution in [1.82, 2.24) is 4.57 Å². The summed E-state index contributed by atoms with van der Waals surface area (Å²) in [5.74, 6) is -1.38. The van der Waals surface area contributed by atoms with Crippen molar-refractivity contribution in [2.24, 2.45) is 4.99 Å². The maximum absolute atomic E-state index is 14.3. The lowest BCUT2D eigenvalue weighted by atomic mass is 9.96. The third kappa shape index (κ3) is 4.82. The Morgan fingerprint density at radius 2 is 1.80 bits per heavy atom. The molecule has 10 nitrogen and oxygen atoms in total. The van der Waals surface area contributed by atoms with Crippen LogP contribution in [0.2, 0.25) is 0 Å². The lowest BCUT2D eigenvalue weighted by molar-refractivity contribution is -0.138. The van der Waals surface area contributed by atoms with Gasteiger partial charge in [-0.25, -0.2) is 14.6 Å². The van der Waals surface area contributed by atoms with Crippen LogP contribution in [-0.4, -0.2) is 35.6 Å². The van der Waals surface area contributed by atoms with E-state index in [0.29, 0.717) is 27.3 Å². The Balaban J connectivity index is 1.50. The SMILES string of the molecule is C=CCOC(=O)C1=C(C)N=c2sc(=C3C(=O)N(CC=C)c4ccccc43)c(=O)n2C1c1ccc(OC(=O)c2ccco2)cc1. The van der Waals surface area contributed by atoms with Crippen LogP contribution in [0.25, 0.3) is 5.57 Å². The molecule has 11 heteroatoms. The summed E-state index contributed by atoms with van der Waals surface area (Å²) >= 11 is 1.08. The largest absolute Gasteiger partial charge is 0.458 e. The quantitative estimate of drug-likeness (QED) is 0.170. The zero-order valence-electron chi connectivity index (χ0n) is 23.5. The molecule has 0 aliphatic carbocycles. The Morgan fingerprint density at radius 3 is 2.50 bits per heavy atom. The summed E-state index contributed by atoms with van der Waals surface area (Å²) in [6.07, 6.45) is 4.44. The molecule has 44 heavy (non-hydrogen) atoms. The van der Waals surface area contributed by atoms with Crippen molar-refractivity contribution in [3.05, 3.63) is 140 Å². The van der Waals surface area contributed by atoms with Crippen LogP contribution in [0.4, 0.5) is 5.69 Å². The first-order valence-corrected chi connectivity index (χ1v) is 14.4. The van der Waals surface area contributed by atoms with Crippen LogP contribution in [-0.2, 0) is 14.3 Å². The normalized spacial score (nSPS) is 16.6. The van der Waals surface area contributed by atoms with Crippen molar-refractivity contribution in [2.45, 2.75) is 13.0 Å². The second-order valence-electron chi connectivity index (χ2n) is 9.82. The van der Waals surface area contributed by atoms with E-state index >= 15 is 0 Å². The van der Waals surface area contributed by atoms with Gasteiger partial charge in [0, 0.05) is 12.1 Å². The van der Waals surface area contributed by atoms with E-state index in [1.54, 1.807) is 54.3 Å². The first-order chi connectivity index (χ1) is 21.3. The number of rotatable bonds is 8. The molecule has 4 aromatic rings. The number of carbonyl (C=O) groups excluding carboxylic acids is 3. The van der Waals surface area contributed by atoms with Gasteiger partial charge in [0.2, 0.25) is 5.76 Å². The number of amides is 1. The summed E-state index contributed by atoms with van der Waals surface area (Å²) in [5, 5.41) is 0. The van der Waals surface area contributed by atoms with Crippen molar-refractivity contribution in [3.63, 3.8) is 0 Å². The number of carbonyl (C=O) groups is 3. The molecule has 1 amide bonds. The van der Waals surface area contributed by atoms with Gasteiger partial charge in [-0.05, 0) is 42.8 Å². The Kier molecular flexibility index (Phi) is 7.54. The minimum absolute atomic E-state index is 0.0387. The smallest absolute Gasteiger partial charge is 0.379 e. The van der Waals surface area contributed by atoms with Crippen molar-refractivity contribution < 1.29 is 28.3 Å². The number of benzene rings is 2. The maximum atomic E-state index is 14.3. The molecule has 0 bridgehead atoms. The molecule has 1 unspecified atom stereocenters. The highest BCUT2D eigenvalue weighted by Crippen LogP contribution is 2.36. The van der Waals surface area contributed by atoms with Gasteiger partial charge < -0.3 is 18.8 Å². The number of para-hydroxylation sites is 1. The van der Waals surface area contributed by atoms with Crippen molar-refractivity contribution in [1.29, 1.82) is 0 Å². The molecule has 6 rings (SSSR count). The fourth-order valence-electron chi connectivity index (χ4n) is 5.24. The van der Waals surface area contributed by atoms with Gasteiger partial charge in [0.25, 0.3) is 11.5 Å². The standard InChI is InChI=1S/C33H25N3O7S/c1-4-16-35-23-10-7-6-9-22(23)26(29(35)37)28-30(38)36-27(25(32(40)42-17-5-2)19(3)34-33(36)44-28)20-12-14-21(15-13-20)43-31(39)24-11-8-18-41-24/h4-15,18,27H,1-2,16-17H2,3H3. The van der Waals surface area contributed by atoms with Gasteiger partial charge in [-0.2, -0.15) is 0 Å². The summed E-state index contributed by atoms with van der Waals surface area (Å²) in [6.45, 7) is 9.27. The molecule has 2 aromatic heterocycles. The topological polar surface area (TPSA) is 120 Å². The number of anilines is 1. The molecule has 2 aliphatic heterocycles. The molecule has 0 fully saturated rings. The van der Waals surface area contributed by atoms with Gasteiger partial charge in [-0.15, -0.1) is 6.58 Å². The van der Waals surface area contributed by atoms with Crippen LogP contribution in [0.5, 0.6) is 5.75 Å². The molecule has 1 atom stereocenters. The van der Waals surface area contributed by atoms with Crippen molar-refractivity contribution >= 4 is 40.4 Å². The van der Waals surface area contributed by atoms with Gasteiger partial charge in [0.05, 0.1) is 34.8 Å². The minimum atomic E-state index is -0.941. The summed E-state index contributed by atoms with van der Waals surface area (Å²) in [7, 11) is 0. The summed E-state index contributed by atoms with van der Waals surface area (Å²) in [5.41, 5.74) is 2.15. The van der Waals surface area contributed by atoms with Crippen LogP contribution >= 0.6 is 11.3 Å². The number of aromatic nitrogens is 1. The van der Waals surface area contributed by atoms with Gasteiger partial charge in [-0.3, -0.25) is 14.2 Å². The van der Waals surface area contributed by atoms with E-state index < -0.39 is 23.5 Å². The molecule has 4 heterocycles. The third-order valence-electron chi connectivity index (χ3n) is 7.14. The Labute approximate surface area is 254 Å². The van der Waals surface area contributed by atoms with E-state index in [2.05, 4.69) is 18.2 Å². The molecule has 220 valence electrons. The molecule has 2 aromatic carbocycles. The van der Waals surface area contributed by atoms with E-state index in [-0.39, 0.29) is 46.2 Å². The molecule has 0 N–H and O–H groups in total. The van der Waals surface area contributed by atoms with Crippen LogP contribution in [0.3, 0.4) is 0 Å². The number of hydrogen-bond donors (Lipinski definition) is 0. The molecule has 0 spiro atoms. The Bertz CT molecular complexity index is 2050. The number of esters is 2. The maximum Gasteiger partial charge on any atom is 0.379 e. The number of furan rings is 1. The minimum Gasteiger partial charge on any atom is -0.458 e. The number of ether oxygens (including phenoxy) is 2. The highest BCUT2D eigenvalue weighted by molar-refractivity contribution is 7.07. The van der Waals surface area contributed by atoms with E-state index in [0.717, 1.165) is 11.3 Å². The predicted molar refractivity (Wildman–Crippen MR) is 163 cm³/mol. The molecular formula is C33H25N3O7S. The number of allylic oxidation sites excluding steroid dienone is 1. The number of hydrogen-bond acceptors (Lipinski definition) is 9. The average molecular weight is 608 g/mol. The zero-order valence-corrected chi connectivity index (χ0v) is 24.3. The zero-order chi connectivity index (χ0) is 31.0. The first kappa shape index (κ1) is 28.6. The van der Waals surface area contributed by atoms with E-state index in [9.17, 15) is 19.2 Å². The van der Waals surface area contributed by atoms with Gasteiger partial charge in [-0.1, -0.05) is 60.4 Å². The van der Waals surface area contributed by atoms with Crippen LogP contribution < -0.4 is 24.5 Å². The van der Waals surface area contributed by atoms with Crippen LogP contribution in [0.15, 0.2) is 118 Å². The average Bonchev–Trinajstić information content (AvgIpc) is 3.74. The summed E-state index contributed by atoms with van der Waals surface area (Å²) < 4.78 is 17.5. The van der Waals surface area contributed by atoms with E-state index in [1.807, 2.05) is 18.2 Å². The van der Waals surface area contributed by atoms with Gasteiger partial charge >= 0.3 is 11.9 Å². The molecule has 0 saturated carbocycles. The lowest BCUT2D eigenvalue weighted by Crippen LogP contribution is -2.41. The fourth-order valence-corrected chi connectivity index (χ4v) is 6.38. The fraction of sp³-hybridized carbons (Fsp3) is 0.121. The van der Waals surface area contributed by atoms with Crippen molar-refractivity contribution in [2.75, 3.05) is 18.1 Å². The molecule has 0 radical (unpaired) electrons. The second kappa shape index (κ2) is 11.6. The number of fused-ring (bicyclic) bond motifs is 2. The van der Waals surface area contributed by atoms with Crippen LogP contribution in [0.1, 0.15) is 34.6 Å². The van der Waals surface area contributed by atoms with Gasteiger partial charge in [0.1, 0.15) is 16.9 Å². The monoisotopic (exact) mass is 607 g/mol.